The number of benzene rings is 1. The third-order valence-electron chi connectivity index (χ3n) is 2.91. The van der Waals surface area contributed by atoms with Crippen LogP contribution in [0.4, 0.5) is 0 Å². The van der Waals surface area contributed by atoms with E-state index in [2.05, 4.69) is 26.1 Å². The second-order valence-corrected chi connectivity index (χ2v) is 4.89. The second-order valence-electron chi connectivity index (χ2n) is 4.08. The van der Waals surface area contributed by atoms with Crippen molar-refractivity contribution in [3.05, 3.63) is 33.8 Å². The lowest BCUT2D eigenvalue weighted by Crippen LogP contribution is -2.30. The highest BCUT2D eigenvalue weighted by Crippen LogP contribution is 2.25. The van der Waals surface area contributed by atoms with Crippen molar-refractivity contribution in [3.63, 3.8) is 0 Å². The van der Waals surface area contributed by atoms with E-state index in [0.717, 1.165) is 12.8 Å². The topological polar surface area (TPSA) is 12.0 Å². The fraction of sp³-hybridized carbons (Fsp3) is 0.538. The molecule has 1 aromatic carbocycles. The molecule has 0 aliphatic rings. The van der Waals surface area contributed by atoms with Crippen molar-refractivity contribution in [1.29, 1.82) is 0 Å². The summed E-state index contributed by atoms with van der Waals surface area (Å²) in [7, 11) is 0. The van der Waals surface area contributed by atoms with Gasteiger partial charge >= 0.3 is 0 Å². The van der Waals surface area contributed by atoms with Crippen molar-refractivity contribution in [3.8, 4) is 0 Å². The van der Waals surface area contributed by atoms with Gasteiger partial charge in [-0.2, -0.15) is 0 Å². The molecule has 3 heteroatoms. The molecule has 0 amide bonds. The Bertz CT molecular complexity index is 335. The molecule has 1 aromatic rings. The molecule has 0 heterocycles. The van der Waals surface area contributed by atoms with E-state index < -0.39 is 0 Å². The maximum Gasteiger partial charge on any atom is 0.0595 e. The Morgan fingerprint density at radius 2 is 1.75 bits per heavy atom. The van der Waals surface area contributed by atoms with Gasteiger partial charge in [-0.05, 0) is 37.5 Å². The molecule has 1 rings (SSSR count). The first-order valence-electron chi connectivity index (χ1n) is 5.79. The summed E-state index contributed by atoms with van der Waals surface area (Å²) in [6.07, 6.45) is 2.28. The maximum absolute atomic E-state index is 6.00. The van der Waals surface area contributed by atoms with Gasteiger partial charge < -0.3 is 5.32 Å². The van der Waals surface area contributed by atoms with Crippen LogP contribution in [0.15, 0.2) is 18.2 Å². The van der Waals surface area contributed by atoms with Crippen LogP contribution in [-0.2, 0) is 0 Å². The van der Waals surface area contributed by atoms with Crippen molar-refractivity contribution in [1.82, 2.24) is 5.32 Å². The highest BCUT2D eigenvalue weighted by molar-refractivity contribution is 6.42. The number of rotatable bonds is 5. The Morgan fingerprint density at radius 3 is 2.25 bits per heavy atom. The molecule has 0 saturated carbocycles. The van der Waals surface area contributed by atoms with Crippen LogP contribution in [0, 0.1) is 0 Å². The first-order valence-corrected chi connectivity index (χ1v) is 6.55. The molecule has 0 aliphatic heterocycles. The first-order chi connectivity index (χ1) is 7.58. The van der Waals surface area contributed by atoms with E-state index in [1.54, 1.807) is 0 Å². The highest BCUT2D eigenvalue weighted by atomic mass is 35.5. The fourth-order valence-electron chi connectivity index (χ4n) is 1.76. The number of hydrogen-bond donors (Lipinski definition) is 1. The monoisotopic (exact) mass is 259 g/mol. The minimum Gasteiger partial charge on any atom is -0.307 e. The van der Waals surface area contributed by atoms with Crippen LogP contribution < -0.4 is 5.32 Å². The van der Waals surface area contributed by atoms with E-state index in [1.807, 2.05) is 18.2 Å². The van der Waals surface area contributed by atoms with Gasteiger partial charge in [0.15, 0.2) is 0 Å². The quantitative estimate of drug-likeness (QED) is 0.799. The van der Waals surface area contributed by atoms with Gasteiger partial charge in [0, 0.05) is 12.1 Å². The van der Waals surface area contributed by atoms with Gasteiger partial charge in [0.05, 0.1) is 10.0 Å². The Balaban J connectivity index is 2.72. The average molecular weight is 260 g/mol. The Kier molecular flexibility index (Phi) is 5.60. The Labute approximate surface area is 108 Å². The molecule has 0 fully saturated rings. The smallest absolute Gasteiger partial charge is 0.0595 e. The van der Waals surface area contributed by atoms with Crippen LogP contribution in [0.25, 0.3) is 0 Å². The van der Waals surface area contributed by atoms with E-state index in [1.165, 1.54) is 5.56 Å². The van der Waals surface area contributed by atoms with Crippen molar-refractivity contribution in [2.75, 3.05) is 0 Å². The van der Waals surface area contributed by atoms with Gasteiger partial charge in [0.1, 0.15) is 0 Å². The highest BCUT2D eigenvalue weighted by Gasteiger charge is 2.11. The van der Waals surface area contributed by atoms with E-state index in [9.17, 15) is 0 Å². The zero-order valence-corrected chi connectivity index (χ0v) is 11.6. The largest absolute Gasteiger partial charge is 0.307 e. The summed E-state index contributed by atoms with van der Waals surface area (Å²) in [5, 5.41) is 4.81. The Morgan fingerprint density at radius 1 is 1.12 bits per heavy atom. The van der Waals surface area contributed by atoms with E-state index >= 15 is 0 Å². The van der Waals surface area contributed by atoms with E-state index in [0.29, 0.717) is 22.1 Å². The molecule has 0 aliphatic carbocycles. The van der Waals surface area contributed by atoms with Gasteiger partial charge in [0.25, 0.3) is 0 Å². The Hall–Kier alpha value is -0.240. The molecule has 0 aromatic heterocycles. The van der Waals surface area contributed by atoms with Crippen molar-refractivity contribution in [2.24, 2.45) is 0 Å². The number of nitrogens with one attached hydrogen (secondary N) is 1. The molecule has 1 atom stereocenters. The van der Waals surface area contributed by atoms with Gasteiger partial charge in [-0.15, -0.1) is 0 Å². The molecular formula is C13H19Cl2N. The SMILES string of the molecule is CCC(CC)NC(C)c1ccc(Cl)c(Cl)c1. The predicted octanol–water partition coefficient (Wildman–Crippen LogP) is 4.83. The maximum atomic E-state index is 6.00. The minimum atomic E-state index is 0.305. The van der Waals surface area contributed by atoms with Gasteiger partial charge in [0.2, 0.25) is 0 Å². The standard InChI is InChI=1S/C13H19Cl2N/c1-4-11(5-2)16-9(3)10-6-7-12(14)13(15)8-10/h6-9,11,16H,4-5H2,1-3H3. The lowest BCUT2D eigenvalue weighted by atomic mass is 10.1. The van der Waals surface area contributed by atoms with E-state index in [4.69, 9.17) is 23.2 Å². The lowest BCUT2D eigenvalue weighted by Gasteiger charge is -2.21. The molecule has 0 bridgehead atoms. The van der Waals surface area contributed by atoms with Crippen LogP contribution in [0.3, 0.4) is 0 Å². The normalized spacial score (nSPS) is 13.1. The molecule has 1 N–H and O–H groups in total. The zero-order valence-electron chi connectivity index (χ0n) is 10.1. The molecule has 0 spiro atoms. The van der Waals surface area contributed by atoms with Crippen molar-refractivity contribution in [2.45, 2.75) is 45.7 Å². The minimum absolute atomic E-state index is 0.305. The van der Waals surface area contributed by atoms with Crippen LogP contribution >= 0.6 is 23.2 Å². The molecule has 90 valence electrons. The predicted molar refractivity (Wildman–Crippen MR) is 72.4 cm³/mol. The second kappa shape index (κ2) is 6.48. The molecule has 0 saturated heterocycles. The molecular weight excluding hydrogens is 241 g/mol. The van der Waals surface area contributed by atoms with Gasteiger partial charge in [-0.1, -0.05) is 43.1 Å². The summed E-state index contributed by atoms with van der Waals surface area (Å²) in [5.74, 6) is 0. The van der Waals surface area contributed by atoms with Crippen LogP contribution in [0.1, 0.15) is 45.2 Å². The van der Waals surface area contributed by atoms with Crippen LogP contribution in [-0.4, -0.2) is 6.04 Å². The number of hydrogen-bond acceptors (Lipinski definition) is 1. The third kappa shape index (κ3) is 3.65. The summed E-state index contributed by atoms with van der Waals surface area (Å²) in [6.45, 7) is 6.54. The summed E-state index contributed by atoms with van der Waals surface area (Å²) < 4.78 is 0. The molecule has 1 unspecified atom stereocenters. The average Bonchev–Trinajstić information content (AvgIpc) is 2.29. The lowest BCUT2D eigenvalue weighted by molar-refractivity contribution is 0.432. The third-order valence-corrected chi connectivity index (χ3v) is 3.65. The molecule has 0 radical (unpaired) electrons. The van der Waals surface area contributed by atoms with E-state index in [-0.39, 0.29) is 0 Å². The van der Waals surface area contributed by atoms with Crippen molar-refractivity contribution < 1.29 is 0 Å². The van der Waals surface area contributed by atoms with Crippen LogP contribution in [0.2, 0.25) is 10.0 Å². The zero-order chi connectivity index (χ0) is 12.1. The van der Waals surface area contributed by atoms with Gasteiger partial charge in [-0.25, -0.2) is 0 Å². The summed E-state index contributed by atoms with van der Waals surface area (Å²) in [5.41, 5.74) is 1.18. The summed E-state index contributed by atoms with van der Waals surface area (Å²) in [4.78, 5) is 0. The summed E-state index contributed by atoms with van der Waals surface area (Å²) >= 11 is 11.9. The van der Waals surface area contributed by atoms with Gasteiger partial charge in [-0.3, -0.25) is 0 Å². The molecule has 16 heavy (non-hydrogen) atoms. The summed E-state index contributed by atoms with van der Waals surface area (Å²) in [6, 6.07) is 6.67. The first kappa shape index (κ1) is 13.8. The number of halogens is 2. The molecule has 1 nitrogen and oxygen atoms in total. The van der Waals surface area contributed by atoms with Crippen molar-refractivity contribution >= 4 is 23.2 Å². The fourth-order valence-corrected chi connectivity index (χ4v) is 2.06. The van der Waals surface area contributed by atoms with Crippen LogP contribution in [0.5, 0.6) is 0 Å².